The van der Waals surface area contributed by atoms with Gasteiger partial charge in [0, 0.05) is 31.6 Å². The third-order valence-electron chi connectivity index (χ3n) is 3.75. The molecule has 1 heterocycles. The molecule has 4 nitrogen and oxygen atoms in total. The van der Waals surface area contributed by atoms with Gasteiger partial charge >= 0.3 is 6.09 Å². The standard InChI is InChI=1S/C17H30N2O2/c1-6-10-14(7-2)18-13-15-11-8-9-12-19(15)16(20)21-17(3,4)5/h1,14-15,18H,7-13H2,2-5H3. The Morgan fingerprint density at radius 3 is 2.76 bits per heavy atom. The van der Waals surface area contributed by atoms with Crippen LogP contribution in [0, 0.1) is 12.3 Å². The summed E-state index contributed by atoms with van der Waals surface area (Å²) in [5.41, 5.74) is -0.443. The number of nitrogens with one attached hydrogen (secondary N) is 1. The maximum Gasteiger partial charge on any atom is 0.410 e. The van der Waals surface area contributed by atoms with Crippen LogP contribution in [0.1, 0.15) is 59.8 Å². The van der Waals surface area contributed by atoms with Crippen molar-refractivity contribution in [2.45, 2.75) is 77.5 Å². The van der Waals surface area contributed by atoms with Gasteiger partial charge in [0.25, 0.3) is 0 Å². The third kappa shape index (κ3) is 6.39. The van der Waals surface area contributed by atoms with Crippen molar-refractivity contribution in [1.82, 2.24) is 10.2 Å². The van der Waals surface area contributed by atoms with Crippen LogP contribution in [0.25, 0.3) is 0 Å². The molecule has 2 unspecified atom stereocenters. The highest BCUT2D eigenvalue weighted by molar-refractivity contribution is 5.68. The van der Waals surface area contributed by atoms with Gasteiger partial charge in [-0.1, -0.05) is 6.92 Å². The van der Waals surface area contributed by atoms with Crippen molar-refractivity contribution in [2.75, 3.05) is 13.1 Å². The first-order chi connectivity index (χ1) is 9.87. The molecule has 1 amide bonds. The van der Waals surface area contributed by atoms with E-state index in [4.69, 9.17) is 11.2 Å². The Labute approximate surface area is 129 Å². The molecular formula is C17H30N2O2. The fraction of sp³-hybridized carbons (Fsp3) is 0.824. The van der Waals surface area contributed by atoms with Crippen LogP contribution in [0.2, 0.25) is 0 Å². The molecule has 1 rings (SSSR count). The first-order valence-corrected chi connectivity index (χ1v) is 8.03. The Bertz CT molecular complexity index is 368. The lowest BCUT2D eigenvalue weighted by molar-refractivity contribution is 0.00966. The number of hydrogen-bond donors (Lipinski definition) is 1. The van der Waals surface area contributed by atoms with Crippen molar-refractivity contribution in [1.29, 1.82) is 0 Å². The number of terminal acetylenes is 1. The molecule has 2 atom stereocenters. The van der Waals surface area contributed by atoms with E-state index in [0.29, 0.717) is 6.04 Å². The number of hydrogen-bond acceptors (Lipinski definition) is 3. The summed E-state index contributed by atoms with van der Waals surface area (Å²) >= 11 is 0. The Kier molecular flexibility index (Phi) is 7.04. The highest BCUT2D eigenvalue weighted by atomic mass is 16.6. The van der Waals surface area contributed by atoms with E-state index >= 15 is 0 Å². The number of rotatable bonds is 5. The van der Waals surface area contributed by atoms with Gasteiger partial charge in [0.1, 0.15) is 5.60 Å². The second kappa shape index (κ2) is 8.29. The molecule has 1 N–H and O–H groups in total. The molecular weight excluding hydrogens is 264 g/mol. The number of carbonyl (C=O) groups is 1. The molecule has 120 valence electrons. The monoisotopic (exact) mass is 294 g/mol. The molecule has 21 heavy (non-hydrogen) atoms. The van der Waals surface area contributed by atoms with Crippen molar-refractivity contribution in [3.8, 4) is 12.3 Å². The number of piperidine rings is 1. The zero-order chi connectivity index (χ0) is 15.9. The Hall–Kier alpha value is -1.21. The molecule has 0 aromatic rings. The van der Waals surface area contributed by atoms with Crippen LogP contribution in [-0.2, 0) is 4.74 Å². The first-order valence-electron chi connectivity index (χ1n) is 8.03. The molecule has 1 aliphatic heterocycles. The summed E-state index contributed by atoms with van der Waals surface area (Å²) in [6.45, 7) is 9.42. The molecule has 0 aromatic carbocycles. The summed E-state index contributed by atoms with van der Waals surface area (Å²) in [4.78, 5) is 14.2. The first kappa shape index (κ1) is 17.8. The van der Waals surface area contributed by atoms with E-state index in [0.717, 1.165) is 45.2 Å². The van der Waals surface area contributed by atoms with Gasteiger partial charge < -0.3 is 15.0 Å². The average molecular weight is 294 g/mol. The van der Waals surface area contributed by atoms with E-state index in [1.807, 2.05) is 25.7 Å². The average Bonchev–Trinajstić information content (AvgIpc) is 2.42. The Morgan fingerprint density at radius 2 is 2.19 bits per heavy atom. The van der Waals surface area contributed by atoms with Crippen molar-refractivity contribution >= 4 is 6.09 Å². The van der Waals surface area contributed by atoms with Gasteiger partial charge in [-0.05, 0) is 46.5 Å². The minimum Gasteiger partial charge on any atom is -0.444 e. The van der Waals surface area contributed by atoms with Crippen molar-refractivity contribution < 1.29 is 9.53 Å². The summed E-state index contributed by atoms with van der Waals surface area (Å²) in [5, 5.41) is 3.50. The summed E-state index contributed by atoms with van der Waals surface area (Å²) in [5.74, 6) is 2.70. The molecule has 1 aliphatic rings. The van der Waals surface area contributed by atoms with E-state index in [9.17, 15) is 4.79 Å². The number of amides is 1. The van der Waals surface area contributed by atoms with Crippen LogP contribution in [0.15, 0.2) is 0 Å². The largest absolute Gasteiger partial charge is 0.444 e. The fourth-order valence-corrected chi connectivity index (χ4v) is 2.58. The Balaban J connectivity index is 2.57. The number of carbonyl (C=O) groups excluding carboxylic acids is 1. The van der Waals surface area contributed by atoms with Crippen LogP contribution >= 0.6 is 0 Å². The number of nitrogens with zero attached hydrogens (tertiary/aromatic N) is 1. The van der Waals surface area contributed by atoms with Crippen LogP contribution in [0.3, 0.4) is 0 Å². The summed E-state index contributed by atoms with van der Waals surface area (Å²) in [6.07, 6.45) is 10.2. The summed E-state index contributed by atoms with van der Waals surface area (Å²) < 4.78 is 5.51. The van der Waals surface area contributed by atoms with Crippen molar-refractivity contribution in [3.63, 3.8) is 0 Å². The predicted molar refractivity (Wildman–Crippen MR) is 86.1 cm³/mol. The van der Waals surface area contributed by atoms with E-state index < -0.39 is 5.60 Å². The van der Waals surface area contributed by atoms with Gasteiger partial charge in [0.05, 0.1) is 0 Å². The van der Waals surface area contributed by atoms with Crippen molar-refractivity contribution in [2.24, 2.45) is 0 Å². The molecule has 1 saturated heterocycles. The normalized spacial score (nSPS) is 20.7. The van der Waals surface area contributed by atoms with Gasteiger partial charge in [-0.2, -0.15) is 0 Å². The lowest BCUT2D eigenvalue weighted by Crippen LogP contribution is -2.51. The molecule has 0 aromatic heterocycles. The van der Waals surface area contributed by atoms with E-state index in [1.165, 1.54) is 0 Å². The quantitative estimate of drug-likeness (QED) is 0.792. The van der Waals surface area contributed by atoms with E-state index in [2.05, 4.69) is 18.2 Å². The third-order valence-corrected chi connectivity index (χ3v) is 3.75. The molecule has 1 fully saturated rings. The fourth-order valence-electron chi connectivity index (χ4n) is 2.58. The topological polar surface area (TPSA) is 41.6 Å². The van der Waals surface area contributed by atoms with Gasteiger partial charge in [-0.3, -0.25) is 0 Å². The molecule has 0 saturated carbocycles. The zero-order valence-electron chi connectivity index (χ0n) is 13.9. The van der Waals surface area contributed by atoms with Gasteiger partial charge in [0.15, 0.2) is 0 Å². The molecule has 0 radical (unpaired) electrons. The maximum atomic E-state index is 12.3. The van der Waals surface area contributed by atoms with Gasteiger partial charge in [-0.15, -0.1) is 12.3 Å². The highest BCUT2D eigenvalue weighted by Gasteiger charge is 2.30. The number of ether oxygens (including phenoxy) is 1. The van der Waals surface area contributed by atoms with Crippen LogP contribution in [-0.4, -0.2) is 41.8 Å². The highest BCUT2D eigenvalue weighted by Crippen LogP contribution is 2.20. The zero-order valence-corrected chi connectivity index (χ0v) is 13.9. The molecule has 0 aliphatic carbocycles. The minimum absolute atomic E-state index is 0.195. The molecule has 0 bridgehead atoms. The number of likely N-dealkylation sites (tertiary alicyclic amines) is 1. The Morgan fingerprint density at radius 1 is 1.48 bits per heavy atom. The van der Waals surface area contributed by atoms with Crippen LogP contribution in [0.4, 0.5) is 4.79 Å². The summed E-state index contributed by atoms with van der Waals surface area (Å²) in [6, 6.07) is 0.540. The lowest BCUT2D eigenvalue weighted by atomic mass is 10.0. The minimum atomic E-state index is -0.443. The van der Waals surface area contributed by atoms with Crippen LogP contribution in [0.5, 0.6) is 0 Å². The molecule has 4 heteroatoms. The van der Waals surface area contributed by atoms with Gasteiger partial charge in [-0.25, -0.2) is 4.79 Å². The second-order valence-electron chi connectivity index (χ2n) is 6.75. The smallest absolute Gasteiger partial charge is 0.410 e. The summed E-state index contributed by atoms with van der Waals surface area (Å²) in [7, 11) is 0. The van der Waals surface area contributed by atoms with E-state index in [-0.39, 0.29) is 12.1 Å². The van der Waals surface area contributed by atoms with Crippen LogP contribution < -0.4 is 5.32 Å². The molecule has 0 spiro atoms. The van der Waals surface area contributed by atoms with Gasteiger partial charge in [0.2, 0.25) is 0 Å². The SMILES string of the molecule is C#CCC(CC)NCC1CCCCN1C(=O)OC(C)(C)C. The second-order valence-corrected chi connectivity index (χ2v) is 6.75. The van der Waals surface area contributed by atoms with E-state index in [1.54, 1.807) is 0 Å². The maximum absolute atomic E-state index is 12.3. The van der Waals surface area contributed by atoms with Crippen molar-refractivity contribution in [3.05, 3.63) is 0 Å². The predicted octanol–water partition coefficient (Wildman–Crippen LogP) is 3.17. The lowest BCUT2D eigenvalue weighted by Gasteiger charge is -2.37.